The molecule has 0 saturated heterocycles. The molecule has 19 heavy (non-hydrogen) atoms. The molecule has 0 bridgehead atoms. The summed E-state index contributed by atoms with van der Waals surface area (Å²) in [6.45, 7) is 1.94. The van der Waals surface area contributed by atoms with E-state index in [1.54, 1.807) is 10.6 Å². The molecule has 0 radical (unpaired) electrons. The summed E-state index contributed by atoms with van der Waals surface area (Å²) >= 11 is 6.00. The zero-order valence-corrected chi connectivity index (χ0v) is 11.6. The third kappa shape index (κ3) is 2.19. The molecule has 0 aliphatic carbocycles. The van der Waals surface area contributed by atoms with Gasteiger partial charge in [0.05, 0.1) is 5.69 Å². The molecule has 2 aromatic heterocycles. The van der Waals surface area contributed by atoms with Crippen molar-refractivity contribution in [3.05, 3.63) is 56.7 Å². The molecular weight excluding hydrogens is 260 g/mol. The van der Waals surface area contributed by atoms with Gasteiger partial charge in [-0.15, -0.1) is 0 Å². The monoisotopic (exact) mass is 274 g/mol. The fourth-order valence-corrected chi connectivity index (χ4v) is 2.76. The molecule has 0 N–H and O–H groups in total. The van der Waals surface area contributed by atoms with Crippen LogP contribution in [0.4, 0.5) is 0 Å². The molecule has 0 fully saturated rings. The Balaban J connectivity index is 2.35. The van der Waals surface area contributed by atoms with Crippen molar-refractivity contribution < 1.29 is 0 Å². The minimum Gasteiger partial charge on any atom is -0.280 e. The molecule has 1 aliphatic rings. The van der Waals surface area contributed by atoms with E-state index in [-0.39, 0.29) is 10.6 Å². The van der Waals surface area contributed by atoms with E-state index in [0.29, 0.717) is 0 Å². The Kier molecular flexibility index (Phi) is 3.15. The number of aryl methyl sites for hydroxylation is 3. The van der Waals surface area contributed by atoms with Gasteiger partial charge in [0.15, 0.2) is 0 Å². The van der Waals surface area contributed by atoms with Crippen molar-refractivity contribution in [2.75, 3.05) is 0 Å². The van der Waals surface area contributed by atoms with E-state index >= 15 is 0 Å². The molecule has 4 heteroatoms. The average molecular weight is 275 g/mol. The summed E-state index contributed by atoms with van der Waals surface area (Å²) in [6.07, 6.45) is 5.95. The number of pyridine rings is 2. The van der Waals surface area contributed by atoms with Gasteiger partial charge in [0, 0.05) is 17.6 Å². The molecule has 0 atom stereocenters. The Labute approximate surface area is 116 Å². The Morgan fingerprint density at radius 3 is 2.89 bits per heavy atom. The van der Waals surface area contributed by atoms with Crippen LogP contribution >= 0.6 is 11.6 Å². The van der Waals surface area contributed by atoms with Gasteiger partial charge in [-0.3, -0.25) is 14.3 Å². The third-order valence-electron chi connectivity index (χ3n) is 3.59. The van der Waals surface area contributed by atoms with Crippen LogP contribution in [0.2, 0.25) is 5.02 Å². The van der Waals surface area contributed by atoms with Gasteiger partial charge in [0.25, 0.3) is 5.56 Å². The lowest BCUT2D eigenvalue weighted by Gasteiger charge is -2.19. The number of rotatable bonds is 0. The first-order valence-electron chi connectivity index (χ1n) is 6.53. The fraction of sp³-hybridized carbons (Fsp3) is 0.333. The third-order valence-corrected chi connectivity index (χ3v) is 3.87. The maximum absolute atomic E-state index is 12.4. The summed E-state index contributed by atoms with van der Waals surface area (Å²) in [5, 5.41) is 0.268. The first-order valence-corrected chi connectivity index (χ1v) is 6.91. The highest BCUT2D eigenvalue weighted by molar-refractivity contribution is 6.30. The van der Waals surface area contributed by atoms with E-state index in [2.05, 4.69) is 4.98 Å². The zero-order chi connectivity index (χ0) is 13.4. The first kappa shape index (κ1) is 12.4. The van der Waals surface area contributed by atoms with Crippen molar-refractivity contribution >= 4 is 11.6 Å². The number of halogens is 1. The number of aromatic nitrogens is 2. The molecule has 0 spiro atoms. The minimum absolute atomic E-state index is 0.132. The summed E-state index contributed by atoms with van der Waals surface area (Å²) in [6, 6.07) is 5.63. The lowest BCUT2D eigenvalue weighted by atomic mass is 10.0. The predicted molar refractivity (Wildman–Crippen MR) is 76.2 cm³/mol. The quantitative estimate of drug-likeness (QED) is 0.740. The van der Waals surface area contributed by atoms with Crippen molar-refractivity contribution in [3.8, 4) is 5.69 Å². The number of hydrogen-bond acceptors (Lipinski definition) is 2. The SMILES string of the molecule is Cc1cc2c(cn1)CCCCc1ccc(Cl)c(=O)n1-2. The predicted octanol–water partition coefficient (Wildman–Crippen LogP) is 3.07. The van der Waals surface area contributed by atoms with Crippen LogP contribution < -0.4 is 5.56 Å². The van der Waals surface area contributed by atoms with Gasteiger partial charge in [-0.2, -0.15) is 0 Å². The maximum atomic E-state index is 12.4. The highest BCUT2D eigenvalue weighted by Gasteiger charge is 2.16. The lowest BCUT2D eigenvalue weighted by Crippen LogP contribution is -2.24. The molecule has 0 amide bonds. The van der Waals surface area contributed by atoms with Crippen molar-refractivity contribution in [1.82, 2.24) is 9.55 Å². The lowest BCUT2D eigenvalue weighted by molar-refractivity contribution is 0.676. The van der Waals surface area contributed by atoms with Gasteiger partial charge in [-0.05, 0) is 56.4 Å². The Morgan fingerprint density at radius 1 is 1.26 bits per heavy atom. The smallest absolute Gasteiger partial charge is 0.274 e. The molecule has 0 unspecified atom stereocenters. The number of hydrogen-bond donors (Lipinski definition) is 0. The van der Waals surface area contributed by atoms with Crippen molar-refractivity contribution in [2.24, 2.45) is 0 Å². The molecule has 3 heterocycles. The van der Waals surface area contributed by atoms with Crippen molar-refractivity contribution in [2.45, 2.75) is 32.6 Å². The largest absolute Gasteiger partial charge is 0.280 e. The average Bonchev–Trinajstić information content (AvgIpc) is 2.37. The van der Waals surface area contributed by atoms with E-state index in [0.717, 1.165) is 48.3 Å². The summed E-state index contributed by atoms with van der Waals surface area (Å²) in [7, 11) is 0. The van der Waals surface area contributed by atoms with Crippen LogP contribution in [0.5, 0.6) is 0 Å². The van der Waals surface area contributed by atoms with Crippen LogP contribution in [-0.2, 0) is 12.8 Å². The second-order valence-corrected chi connectivity index (χ2v) is 5.38. The molecule has 0 aromatic carbocycles. The molecule has 2 aromatic rings. The van der Waals surface area contributed by atoms with Crippen LogP contribution in [0.1, 0.15) is 29.8 Å². The van der Waals surface area contributed by atoms with Crippen LogP contribution in [0.15, 0.2) is 29.2 Å². The van der Waals surface area contributed by atoms with E-state index in [4.69, 9.17) is 11.6 Å². The second-order valence-electron chi connectivity index (χ2n) is 4.97. The van der Waals surface area contributed by atoms with E-state index in [1.807, 2.05) is 25.3 Å². The van der Waals surface area contributed by atoms with Gasteiger partial charge in [-0.1, -0.05) is 11.6 Å². The van der Waals surface area contributed by atoms with Gasteiger partial charge in [0.1, 0.15) is 5.02 Å². The van der Waals surface area contributed by atoms with Gasteiger partial charge >= 0.3 is 0 Å². The van der Waals surface area contributed by atoms with Gasteiger partial charge in [-0.25, -0.2) is 0 Å². The van der Waals surface area contributed by atoms with E-state index in [1.165, 1.54) is 0 Å². The summed E-state index contributed by atoms with van der Waals surface area (Å²) in [5.74, 6) is 0. The van der Waals surface area contributed by atoms with Crippen LogP contribution in [0.25, 0.3) is 5.69 Å². The Hall–Kier alpha value is -1.61. The summed E-state index contributed by atoms with van der Waals surface area (Å²) in [5.41, 5.74) is 3.87. The number of fused-ring (bicyclic) bond motifs is 3. The molecule has 0 saturated carbocycles. The normalized spacial score (nSPS) is 14.2. The van der Waals surface area contributed by atoms with Gasteiger partial charge < -0.3 is 0 Å². The Bertz CT molecular complexity index is 691. The summed E-state index contributed by atoms with van der Waals surface area (Å²) in [4.78, 5) is 16.7. The standard InChI is InChI=1S/C15H15ClN2O/c1-10-8-14-11(9-17-10)4-2-3-5-12-6-7-13(16)15(19)18(12)14/h6-9H,2-5H2,1H3. The molecule has 98 valence electrons. The first-order chi connectivity index (χ1) is 9.16. The minimum atomic E-state index is -0.132. The molecule has 1 aliphatic heterocycles. The van der Waals surface area contributed by atoms with Crippen molar-refractivity contribution in [1.29, 1.82) is 0 Å². The van der Waals surface area contributed by atoms with Crippen molar-refractivity contribution in [3.63, 3.8) is 0 Å². The highest BCUT2D eigenvalue weighted by atomic mass is 35.5. The van der Waals surface area contributed by atoms with Gasteiger partial charge in [0.2, 0.25) is 0 Å². The topological polar surface area (TPSA) is 34.9 Å². The van der Waals surface area contributed by atoms with Crippen LogP contribution in [0, 0.1) is 6.92 Å². The van der Waals surface area contributed by atoms with E-state index < -0.39 is 0 Å². The maximum Gasteiger partial charge on any atom is 0.274 e. The summed E-state index contributed by atoms with van der Waals surface area (Å²) < 4.78 is 1.76. The number of nitrogens with zero attached hydrogens (tertiary/aromatic N) is 2. The highest BCUT2D eigenvalue weighted by Crippen LogP contribution is 2.22. The molecule has 3 rings (SSSR count). The van der Waals surface area contributed by atoms with E-state index in [9.17, 15) is 4.79 Å². The molecule has 3 nitrogen and oxygen atoms in total. The fourth-order valence-electron chi connectivity index (χ4n) is 2.61. The van der Waals surface area contributed by atoms with Crippen LogP contribution in [0.3, 0.4) is 0 Å². The second kappa shape index (κ2) is 4.82. The zero-order valence-electron chi connectivity index (χ0n) is 10.8. The molecular formula is C15H15ClN2O. The van der Waals surface area contributed by atoms with Crippen LogP contribution in [-0.4, -0.2) is 9.55 Å². The Morgan fingerprint density at radius 2 is 2.05 bits per heavy atom.